The number of pyridine rings is 1. The molecule has 0 bridgehead atoms. The van der Waals surface area contributed by atoms with Gasteiger partial charge in [0.25, 0.3) is 0 Å². The second-order valence-electron chi connectivity index (χ2n) is 8.46. The molecular weight excluding hydrogens is 469 g/mol. The van der Waals surface area contributed by atoms with E-state index < -0.39 is 0 Å². The molecule has 0 aliphatic heterocycles. The van der Waals surface area contributed by atoms with Crippen molar-refractivity contribution in [2.24, 2.45) is 0 Å². The Labute approximate surface area is 207 Å². The van der Waals surface area contributed by atoms with Crippen LogP contribution in [-0.4, -0.2) is 22.6 Å². The zero-order chi connectivity index (χ0) is 24.0. The maximum atomic E-state index is 12.5. The first-order valence-corrected chi connectivity index (χ1v) is 11.7. The van der Waals surface area contributed by atoms with E-state index >= 15 is 0 Å². The maximum Gasteiger partial charge on any atom is 0.176 e. The van der Waals surface area contributed by atoms with Crippen LogP contribution in [0.15, 0.2) is 54.7 Å². The number of benzene rings is 3. The van der Waals surface area contributed by atoms with Crippen LogP contribution >= 0.6 is 23.2 Å². The molecule has 5 rings (SSSR count). The van der Waals surface area contributed by atoms with Crippen LogP contribution in [0.4, 0.5) is 11.4 Å². The fourth-order valence-electron chi connectivity index (χ4n) is 4.56. The Balaban J connectivity index is 1.64. The summed E-state index contributed by atoms with van der Waals surface area (Å²) in [6, 6.07) is 15.6. The smallest absolute Gasteiger partial charge is 0.176 e. The number of halogens is 2. The van der Waals surface area contributed by atoms with Crippen molar-refractivity contribution in [1.82, 2.24) is 4.98 Å². The molecule has 0 saturated carbocycles. The number of hydrogen-bond donors (Lipinski definition) is 3. The van der Waals surface area contributed by atoms with Crippen molar-refractivity contribution in [1.29, 1.82) is 0 Å². The Hall–Kier alpha value is -3.41. The number of nitrogens with zero attached hydrogens (tertiary/aromatic N) is 1. The molecule has 0 spiro atoms. The van der Waals surface area contributed by atoms with Gasteiger partial charge < -0.3 is 10.4 Å². The fourth-order valence-corrected chi connectivity index (χ4v) is 5.04. The summed E-state index contributed by atoms with van der Waals surface area (Å²) in [7, 11) is 0. The molecule has 0 amide bonds. The van der Waals surface area contributed by atoms with E-state index in [0.717, 1.165) is 40.6 Å². The van der Waals surface area contributed by atoms with Crippen LogP contribution in [0.3, 0.4) is 0 Å². The van der Waals surface area contributed by atoms with Gasteiger partial charge in [-0.2, -0.15) is 0 Å². The van der Waals surface area contributed by atoms with E-state index in [-0.39, 0.29) is 27.6 Å². The molecular formula is C27H22Cl2N3O2+. The van der Waals surface area contributed by atoms with Crippen LogP contribution < -0.4 is 10.3 Å². The van der Waals surface area contributed by atoms with E-state index in [1.165, 1.54) is 18.1 Å². The second-order valence-corrected chi connectivity index (χ2v) is 9.27. The number of nitrogens with one attached hydrogen (secondary N) is 2. The van der Waals surface area contributed by atoms with Crippen LogP contribution in [0.1, 0.15) is 40.9 Å². The van der Waals surface area contributed by atoms with E-state index in [0.29, 0.717) is 11.3 Å². The average molecular weight is 491 g/mol. The van der Waals surface area contributed by atoms with E-state index in [1.54, 1.807) is 18.3 Å². The van der Waals surface area contributed by atoms with Crippen LogP contribution in [0, 0.1) is 0 Å². The summed E-state index contributed by atoms with van der Waals surface area (Å²) in [5.41, 5.74) is 6.95. The van der Waals surface area contributed by atoms with Crippen molar-refractivity contribution in [2.45, 2.75) is 25.8 Å². The number of aromatic nitrogens is 1. The summed E-state index contributed by atoms with van der Waals surface area (Å²) in [5.74, 6) is -0.232. The largest absolute Gasteiger partial charge is 0.505 e. The quantitative estimate of drug-likeness (QED) is 0.250. The minimum Gasteiger partial charge on any atom is -0.505 e. The van der Waals surface area contributed by atoms with Crippen molar-refractivity contribution >= 4 is 58.0 Å². The van der Waals surface area contributed by atoms with Crippen molar-refractivity contribution < 1.29 is 14.9 Å². The number of aryl methyl sites for hydroxylation is 1. The van der Waals surface area contributed by atoms with E-state index in [9.17, 15) is 9.90 Å². The third-order valence-corrected chi connectivity index (χ3v) is 6.91. The standard InChI is InChI=1S/C27H21Cl2N3O2/c1-14(33)21-13-31-25-8-3-15(17-11-22(28)27(34)23(29)12-17)10-20(25)26(21)32-18-5-6-19-16(9-18)4-7-24(19)30-2/h3,5-6,8-13,24,34H,2,4,7H2,1H3,(H,31,32)/p+1. The highest BCUT2D eigenvalue weighted by Crippen LogP contribution is 2.39. The highest BCUT2D eigenvalue weighted by Gasteiger charge is 2.25. The van der Waals surface area contributed by atoms with E-state index in [1.807, 2.05) is 24.3 Å². The van der Waals surface area contributed by atoms with Gasteiger partial charge in [0.05, 0.1) is 26.8 Å². The molecule has 1 aliphatic carbocycles. The van der Waals surface area contributed by atoms with Gasteiger partial charge in [0.2, 0.25) is 0 Å². The molecule has 1 unspecified atom stereocenters. The normalized spacial score (nSPS) is 14.7. The number of Topliss-reactive ketones (excluding diaryl/α,β-unsaturated/α-hetero) is 1. The molecule has 3 aromatic carbocycles. The number of aromatic hydroxyl groups is 1. The Morgan fingerprint density at radius 2 is 1.88 bits per heavy atom. The van der Waals surface area contributed by atoms with Gasteiger partial charge in [0, 0.05) is 29.3 Å². The third-order valence-electron chi connectivity index (χ3n) is 6.33. The number of phenolic OH excluding ortho intramolecular Hbond substituents is 1. The maximum absolute atomic E-state index is 12.5. The summed E-state index contributed by atoms with van der Waals surface area (Å²) >= 11 is 12.3. The minimum atomic E-state index is -0.149. The SMILES string of the molecule is C=[NH+]C1CCc2cc(Nc3c(C(C)=O)cnc4ccc(-c5cc(Cl)c(O)c(Cl)c5)cc34)ccc21. The minimum absolute atomic E-state index is 0.0829. The monoisotopic (exact) mass is 490 g/mol. The Bertz CT molecular complexity index is 1460. The lowest BCUT2D eigenvalue weighted by molar-refractivity contribution is -0.500. The second kappa shape index (κ2) is 8.75. The number of carbonyl (C=O) groups excluding carboxylic acids is 1. The number of rotatable bonds is 5. The summed E-state index contributed by atoms with van der Waals surface area (Å²) in [6.45, 7) is 5.36. The van der Waals surface area contributed by atoms with Crippen LogP contribution in [0.2, 0.25) is 10.0 Å². The zero-order valence-electron chi connectivity index (χ0n) is 18.5. The van der Waals surface area contributed by atoms with Crippen molar-refractivity contribution in [3.8, 4) is 16.9 Å². The summed E-state index contributed by atoms with van der Waals surface area (Å²) < 4.78 is 0. The highest BCUT2D eigenvalue weighted by atomic mass is 35.5. The lowest BCUT2D eigenvalue weighted by atomic mass is 10.00. The first-order valence-electron chi connectivity index (χ1n) is 10.9. The molecule has 170 valence electrons. The predicted molar refractivity (Wildman–Crippen MR) is 138 cm³/mol. The van der Waals surface area contributed by atoms with Gasteiger partial charge in [-0.1, -0.05) is 35.3 Å². The lowest BCUT2D eigenvalue weighted by Crippen LogP contribution is -2.67. The average Bonchev–Trinajstić information content (AvgIpc) is 3.24. The van der Waals surface area contributed by atoms with E-state index in [4.69, 9.17) is 23.2 Å². The molecule has 0 fully saturated rings. The lowest BCUT2D eigenvalue weighted by Gasteiger charge is -2.15. The number of ketones is 1. The Morgan fingerprint density at radius 1 is 1.12 bits per heavy atom. The molecule has 1 atom stereocenters. The van der Waals surface area contributed by atoms with Gasteiger partial charge in [-0.05, 0) is 66.4 Å². The van der Waals surface area contributed by atoms with Crippen molar-refractivity contribution in [2.75, 3.05) is 5.32 Å². The Morgan fingerprint density at radius 3 is 2.59 bits per heavy atom. The van der Waals surface area contributed by atoms with Gasteiger partial charge in [0.15, 0.2) is 17.6 Å². The molecule has 1 aromatic heterocycles. The molecule has 34 heavy (non-hydrogen) atoms. The topological polar surface area (TPSA) is 76.2 Å². The van der Waals surface area contributed by atoms with Crippen molar-refractivity contribution in [3.63, 3.8) is 0 Å². The van der Waals surface area contributed by atoms with Crippen LogP contribution in [-0.2, 0) is 6.42 Å². The Kier molecular flexibility index (Phi) is 5.76. The summed E-state index contributed by atoms with van der Waals surface area (Å²) in [6.07, 6.45) is 3.60. The first kappa shape index (κ1) is 22.4. The number of fused-ring (bicyclic) bond motifs is 2. The third kappa shape index (κ3) is 3.91. The molecule has 0 radical (unpaired) electrons. The molecule has 5 nitrogen and oxygen atoms in total. The predicted octanol–water partition coefficient (Wildman–Crippen LogP) is 5.63. The highest BCUT2D eigenvalue weighted by molar-refractivity contribution is 6.37. The van der Waals surface area contributed by atoms with Gasteiger partial charge in [-0.25, -0.2) is 4.99 Å². The molecule has 7 heteroatoms. The molecule has 0 saturated heterocycles. The number of phenols is 1. The van der Waals surface area contributed by atoms with Crippen LogP contribution in [0.5, 0.6) is 5.75 Å². The van der Waals surface area contributed by atoms with Gasteiger partial charge >= 0.3 is 0 Å². The number of carbonyl (C=O) groups is 1. The van der Waals surface area contributed by atoms with E-state index in [2.05, 4.69) is 34.1 Å². The molecule has 1 aliphatic rings. The van der Waals surface area contributed by atoms with Crippen LogP contribution in [0.25, 0.3) is 22.0 Å². The summed E-state index contributed by atoms with van der Waals surface area (Å²) in [5, 5.41) is 14.5. The van der Waals surface area contributed by atoms with Gasteiger partial charge in [-0.15, -0.1) is 0 Å². The zero-order valence-corrected chi connectivity index (χ0v) is 20.0. The molecule has 4 aromatic rings. The summed E-state index contributed by atoms with van der Waals surface area (Å²) in [4.78, 5) is 20.1. The molecule has 1 heterocycles. The first-order chi connectivity index (χ1) is 16.4. The number of hydrogen-bond acceptors (Lipinski definition) is 4. The van der Waals surface area contributed by atoms with Gasteiger partial charge in [0.1, 0.15) is 6.72 Å². The number of anilines is 2. The van der Waals surface area contributed by atoms with Crippen molar-refractivity contribution in [3.05, 3.63) is 81.5 Å². The molecule has 3 N–H and O–H groups in total. The fraction of sp³-hybridized carbons (Fsp3) is 0.148. The van der Waals surface area contributed by atoms with Gasteiger partial charge in [-0.3, -0.25) is 9.78 Å².